The summed E-state index contributed by atoms with van der Waals surface area (Å²) in [5.74, 6) is 0. The second-order valence-corrected chi connectivity index (χ2v) is 2.53. The molecule has 0 atom stereocenters. The average molecular weight is 259 g/mol. The summed E-state index contributed by atoms with van der Waals surface area (Å²) in [4.78, 5) is 0. The SMILES string of the molecule is C.C.C.C.C.CCC.CCC.CCC.COC. The normalized spacial score (nSPS) is 4.24. The van der Waals surface area contributed by atoms with E-state index >= 15 is 0 Å². The Morgan fingerprint density at radius 1 is 0.471 bits per heavy atom. The number of rotatable bonds is 0. The maximum absolute atomic E-state index is 4.25. The summed E-state index contributed by atoms with van der Waals surface area (Å²) in [5, 5.41) is 0. The minimum absolute atomic E-state index is 0. The lowest BCUT2D eigenvalue weighted by Gasteiger charge is -1.61. The molecule has 0 heterocycles. The van der Waals surface area contributed by atoms with Crippen molar-refractivity contribution in [3.63, 3.8) is 0 Å². The molecule has 0 radical (unpaired) electrons. The Morgan fingerprint density at radius 3 is 0.471 bits per heavy atom. The number of ether oxygens (including phenoxy) is 1. The van der Waals surface area contributed by atoms with Gasteiger partial charge in [0.2, 0.25) is 0 Å². The first-order valence-corrected chi connectivity index (χ1v) is 5.06. The highest BCUT2D eigenvalue weighted by molar-refractivity contribution is 3.92. The molecule has 0 spiro atoms. The summed E-state index contributed by atoms with van der Waals surface area (Å²) < 4.78 is 4.25. The van der Waals surface area contributed by atoms with Crippen LogP contribution in [0.15, 0.2) is 0 Å². The van der Waals surface area contributed by atoms with Gasteiger partial charge in [-0.25, -0.2) is 0 Å². The molecule has 17 heavy (non-hydrogen) atoms. The molecule has 0 aromatic heterocycles. The van der Waals surface area contributed by atoms with Crippen LogP contribution in [0, 0.1) is 0 Å². The van der Waals surface area contributed by atoms with E-state index in [0.717, 1.165) is 0 Å². The molecule has 0 aliphatic rings. The van der Waals surface area contributed by atoms with Crippen LogP contribution >= 0.6 is 0 Å². The molecular weight excluding hydrogens is 208 g/mol. The Labute approximate surface area is 117 Å². The zero-order valence-electron chi connectivity index (χ0n) is 10.5. The molecule has 0 aromatic carbocycles. The Hall–Kier alpha value is -0.0400. The van der Waals surface area contributed by atoms with Gasteiger partial charge in [0.05, 0.1) is 0 Å². The third-order valence-corrected chi connectivity index (χ3v) is 0. The molecular formula is C16H50O. The molecule has 1 nitrogen and oxygen atoms in total. The lowest BCUT2D eigenvalue weighted by atomic mass is 10.6. The van der Waals surface area contributed by atoms with Crippen molar-refractivity contribution in [2.24, 2.45) is 0 Å². The van der Waals surface area contributed by atoms with Crippen molar-refractivity contribution >= 4 is 0 Å². The summed E-state index contributed by atoms with van der Waals surface area (Å²) in [6.45, 7) is 12.8. The van der Waals surface area contributed by atoms with Crippen LogP contribution < -0.4 is 0 Å². The molecule has 0 aromatic rings. The summed E-state index contributed by atoms with van der Waals surface area (Å²) in [6, 6.07) is 0. The molecule has 0 saturated carbocycles. The fourth-order valence-electron chi connectivity index (χ4n) is 0. The molecule has 1 heteroatoms. The van der Waals surface area contributed by atoms with E-state index in [1.165, 1.54) is 19.3 Å². The average Bonchev–Trinajstić information content (AvgIpc) is 1.92. The number of hydrogen-bond acceptors (Lipinski definition) is 1. The van der Waals surface area contributed by atoms with Crippen LogP contribution in [0.4, 0.5) is 0 Å². The Kier molecular flexibility index (Phi) is 914. The van der Waals surface area contributed by atoms with E-state index in [-0.39, 0.29) is 37.1 Å². The Bertz CT molecular complexity index is 13.5. The molecule has 0 bridgehead atoms. The van der Waals surface area contributed by atoms with E-state index in [4.69, 9.17) is 0 Å². The van der Waals surface area contributed by atoms with Gasteiger partial charge in [-0.15, -0.1) is 0 Å². The van der Waals surface area contributed by atoms with E-state index in [2.05, 4.69) is 46.3 Å². The van der Waals surface area contributed by atoms with E-state index in [0.29, 0.717) is 0 Å². The topological polar surface area (TPSA) is 9.23 Å². The molecule has 0 aliphatic carbocycles. The van der Waals surface area contributed by atoms with Crippen LogP contribution in [0.25, 0.3) is 0 Å². The van der Waals surface area contributed by atoms with Crippen molar-refractivity contribution in [2.75, 3.05) is 14.2 Å². The van der Waals surface area contributed by atoms with Gasteiger partial charge in [0.1, 0.15) is 0 Å². The van der Waals surface area contributed by atoms with Gasteiger partial charge in [0.15, 0.2) is 0 Å². The van der Waals surface area contributed by atoms with Crippen LogP contribution in [0.5, 0.6) is 0 Å². The largest absolute Gasteiger partial charge is 0.388 e. The molecule has 0 saturated heterocycles. The van der Waals surface area contributed by atoms with E-state index in [1.807, 2.05) is 0 Å². The quantitative estimate of drug-likeness (QED) is 0.432. The third kappa shape index (κ3) is 1940000. The zero-order chi connectivity index (χ0) is 10.8. The molecule has 0 unspecified atom stereocenters. The molecule has 0 fully saturated rings. The molecule has 120 valence electrons. The van der Waals surface area contributed by atoms with E-state index in [9.17, 15) is 0 Å². The van der Waals surface area contributed by atoms with Gasteiger partial charge in [-0.2, -0.15) is 0 Å². The predicted octanol–water partition coefficient (Wildman–Crippen LogP) is 7.69. The maximum atomic E-state index is 4.25. The molecule has 0 amide bonds. The minimum Gasteiger partial charge on any atom is -0.388 e. The number of methoxy groups -OCH3 is 1. The van der Waals surface area contributed by atoms with Crippen molar-refractivity contribution in [1.29, 1.82) is 0 Å². The van der Waals surface area contributed by atoms with Crippen molar-refractivity contribution in [3.05, 3.63) is 0 Å². The fraction of sp³-hybridized carbons (Fsp3) is 1.00. The Balaban J connectivity index is -0.00000000653. The summed E-state index contributed by atoms with van der Waals surface area (Å²) in [5.41, 5.74) is 0. The Morgan fingerprint density at radius 2 is 0.471 bits per heavy atom. The predicted molar refractivity (Wildman–Crippen MR) is 94.5 cm³/mol. The van der Waals surface area contributed by atoms with Crippen molar-refractivity contribution in [1.82, 2.24) is 0 Å². The highest BCUT2D eigenvalue weighted by Crippen LogP contribution is 1.56. The smallest absolute Gasteiger partial charge is 0.0351 e. The highest BCUT2D eigenvalue weighted by atomic mass is 16.4. The van der Waals surface area contributed by atoms with E-state index < -0.39 is 0 Å². The fourth-order valence-corrected chi connectivity index (χ4v) is 0. The van der Waals surface area contributed by atoms with Gasteiger partial charge in [0, 0.05) is 14.2 Å². The standard InChI is InChI=1S/3C3H8.C2H6O.5CH4/c4*1-3-2;;;;;/h3*3H2,1-2H3;1-2H3;5*1H4. The van der Waals surface area contributed by atoms with Gasteiger partial charge >= 0.3 is 0 Å². The monoisotopic (exact) mass is 258 g/mol. The van der Waals surface area contributed by atoms with Crippen LogP contribution in [0.2, 0.25) is 0 Å². The minimum atomic E-state index is 0. The van der Waals surface area contributed by atoms with Crippen LogP contribution in [-0.2, 0) is 4.74 Å². The highest BCUT2D eigenvalue weighted by Gasteiger charge is 1.36. The second-order valence-electron chi connectivity index (χ2n) is 2.53. The van der Waals surface area contributed by atoms with Crippen LogP contribution in [0.1, 0.15) is 97.9 Å². The van der Waals surface area contributed by atoms with Crippen LogP contribution in [-0.4, -0.2) is 14.2 Å². The zero-order valence-corrected chi connectivity index (χ0v) is 10.5. The van der Waals surface area contributed by atoms with Gasteiger partial charge in [-0.05, 0) is 0 Å². The lowest BCUT2D eigenvalue weighted by Crippen LogP contribution is -1.55. The third-order valence-electron chi connectivity index (χ3n) is 0. The van der Waals surface area contributed by atoms with Crippen LogP contribution in [0.3, 0.4) is 0 Å². The maximum Gasteiger partial charge on any atom is 0.0351 e. The first-order chi connectivity index (χ1) is 5.66. The summed E-state index contributed by atoms with van der Waals surface area (Å²) in [6.07, 6.45) is 3.75. The van der Waals surface area contributed by atoms with Gasteiger partial charge < -0.3 is 4.74 Å². The van der Waals surface area contributed by atoms with Gasteiger partial charge in [-0.1, -0.05) is 97.9 Å². The molecule has 0 N–H and O–H groups in total. The number of hydrogen-bond donors (Lipinski definition) is 0. The summed E-state index contributed by atoms with van der Waals surface area (Å²) in [7, 11) is 3.25. The molecule has 0 rings (SSSR count). The summed E-state index contributed by atoms with van der Waals surface area (Å²) >= 11 is 0. The first kappa shape index (κ1) is 68.2. The van der Waals surface area contributed by atoms with Gasteiger partial charge in [0.25, 0.3) is 0 Å². The molecule has 0 aliphatic heterocycles. The van der Waals surface area contributed by atoms with Gasteiger partial charge in [-0.3, -0.25) is 0 Å². The van der Waals surface area contributed by atoms with Crippen molar-refractivity contribution in [2.45, 2.75) is 97.9 Å². The van der Waals surface area contributed by atoms with E-state index in [1.54, 1.807) is 14.2 Å². The van der Waals surface area contributed by atoms with Crippen molar-refractivity contribution in [3.8, 4) is 0 Å². The lowest BCUT2D eigenvalue weighted by molar-refractivity contribution is 0.277. The first-order valence-electron chi connectivity index (χ1n) is 5.06. The van der Waals surface area contributed by atoms with Crippen molar-refractivity contribution < 1.29 is 4.74 Å². The second kappa shape index (κ2) is 228.